The first-order chi connectivity index (χ1) is 12.9. The molecule has 0 aliphatic carbocycles. The molecule has 140 valence electrons. The van der Waals surface area contributed by atoms with Crippen molar-refractivity contribution in [1.82, 2.24) is 15.0 Å². The van der Waals surface area contributed by atoms with Crippen LogP contribution < -0.4 is 10.9 Å². The Morgan fingerprint density at radius 3 is 2.26 bits per heavy atom. The van der Waals surface area contributed by atoms with Crippen LogP contribution >= 0.6 is 0 Å². The van der Waals surface area contributed by atoms with E-state index in [9.17, 15) is 9.59 Å². The van der Waals surface area contributed by atoms with E-state index >= 15 is 0 Å². The first kappa shape index (κ1) is 18.8. The number of hydrogen-bond donors (Lipinski definition) is 1. The van der Waals surface area contributed by atoms with Gasteiger partial charge in [0.15, 0.2) is 0 Å². The Hall–Kier alpha value is -3.02. The molecule has 6 heteroatoms. The molecule has 0 atom stereocenters. The van der Waals surface area contributed by atoms with Crippen molar-refractivity contribution < 1.29 is 4.79 Å². The average molecular weight is 364 g/mol. The third kappa shape index (κ3) is 3.89. The molecule has 2 aromatic carbocycles. The van der Waals surface area contributed by atoms with Gasteiger partial charge in [0.25, 0.3) is 5.56 Å². The summed E-state index contributed by atoms with van der Waals surface area (Å²) in [7, 11) is 0. The third-order valence-electron chi connectivity index (χ3n) is 4.56. The summed E-state index contributed by atoms with van der Waals surface area (Å²) in [6.07, 6.45) is 0. The van der Waals surface area contributed by atoms with Gasteiger partial charge in [0.2, 0.25) is 5.91 Å². The molecule has 0 bridgehead atoms. The molecule has 0 fully saturated rings. The highest BCUT2D eigenvalue weighted by Crippen LogP contribution is 2.32. The number of carbonyl (C=O) groups excluding carboxylic acids is 1. The number of carbonyl (C=O) groups is 1. The van der Waals surface area contributed by atoms with Crippen molar-refractivity contribution in [3.8, 4) is 0 Å². The van der Waals surface area contributed by atoms with Crippen molar-refractivity contribution in [3.63, 3.8) is 0 Å². The molecule has 0 aliphatic rings. The van der Waals surface area contributed by atoms with Gasteiger partial charge in [0.1, 0.15) is 12.1 Å². The number of amides is 1. The summed E-state index contributed by atoms with van der Waals surface area (Å²) < 4.78 is 1.10. The molecule has 0 saturated carbocycles. The second kappa shape index (κ2) is 7.70. The zero-order chi connectivity index (χ0) is 19.6. The molecule has 0 aliphatic heterocycles. The highest BCUT2D eigenvalue weighted by Gasteiger charge is 2.17. The molecule has 0 saturated heterocycles. The first-order valence-electron chi connectivity index (χ1n) is 9.13. The van der Waals surface area contributed by atoms with Gasteiger partial charge in [-0.05, 0) is 35.1 Å². The van der Waals surface area contributed by atoms with Crippen molar-refractivity contribution in [2.24, 2.45) is 0 Å². The Labute approximate surface area is 158 Å². The summed E-state index contributed by atoms with van der Waals surface area (Å²) in [6.45, 7) is 8.19. The lowest BCUT2D eigenvalue weighted by molar-refractivity contribution is -0.117. The zero-order valence-electron chi connectivity index (χ0n) is 16.1. The first-order valence-corrected chi connectivity index (χ1v) is 9.13. The molecular formula is C21H24N4O2. The lowest BCUT2D eigenvalue weighted by Crippen LogP contribution is -2.31. The van der Waals surface area contributed by atoms with Gasteiger partial charge >= 0.3 is 0 Å². The average Bonchev–Trinajstić information content (AvgIpc) is 2.64. The Balaban J connectivity index is 1.91. The molecule has 1 aromatic heterocycles. The maximum atomic E-state index is 12.7. The largest absolute Gasteiger partial charge is 0.324 e. The van der Waals surface area contributed by atoms with Gasteiger partial charge in [-0.25, -0.2) is 4.68 Å². The lowest BCUT2D eigenvalue weighted by Gasteiger charge is -2.20. The summed E-state index contributed by atoms with van der Waals surface area (Å²) >= 11 is 0. The van der Waals surface area contributed by atoms with E-state index in [1.165, 1.54) is 0 Å². The van der Waals surface area contributed by atoms with Crippen LogP contribution in [-0.4, -0.2) is 20.9 Å². The topological polar surface area (TPSA) is 76.9 Å². The van der Waals surface area contributed by atoms with Crippen LogP contribution in [-0.2, 0) is 11.3 Å². The number of nitrogens with zero attached hydrogens (tertiary/aromatic N) is 3. The summed E-state index contributed by atoms with van der Waals surface area (Å²) in [5, 5.41) is 11.4. The van der Waals surface area contributed by atoms with Gasteiger partial charge in [0, 0.05) is 5.69 Å². The Morgan fingerprint density at radius 2 is 1.63 bits per heavy atom. The van der Waals surface area contributed by atoms with Crippen LogP contribution in [0.1, 0.15) is 50.7 Å². The van der Waals surface area contributed by atoms with Crippen LogP contribution in [0.4, 0.5) is 5.69 Å². The fourth-order valence-electron chi connectivity index (χ4n) is 3.14. The van der Waals surface area contributed by atoms with Crippen LogP contribution in [0.15, 0.2) is 47.3 Å². The van der Waals surface area contributed by atoms with E-state index in [1.54, 1.807) is 24.3 Å². The summed E-state index contributed by atoms with van der Waals surface area (Å²) in [4.78, 5) is 25.2. The van der Waals surface area contributed by atoms with Gasteiger partial charge in [-0.15, -0.1) is 5.10 Å². The van der Waals surface area contributed by atoms with Gasteiger partial charge in [0.05, 0.1) is 5.39 Å². The number of fused-ring (bicyclic) bond motifs is 1. The highest BCUT2D eigenvalue weighted by atomic mass is 16.2. The molecule has 3 aromatic rings. The molecule has 6 nitrogen and oxygen atoms in total. The zero-order valence-corrected chi connectivity index (χ0v) is 16.1. The molecule has 3 rings (SSSR count). The smallest absolute Gasteiger partial charge is 0.278 e. The maximum Gasteiger partial charge on any atom is 0.278 e. The molecular weight excluding hydrogens is 340 g/mol. The van der Waals surface area contributed by atoms with E-state index in [1.807, 2.05) is 18.2 Å². The number of rotatable bonds is 5. The Bertz CT molecular complexity index is 1010. The third-order valence-corrected chi connectivity index (χ3v) is 4.56. The van der Waals surface area contributed by atoms with Crippen molar-refractivity contribution in [1.29, 1.82) is 0 Å². The van der Waals surface area contributed by atoms with Gasteiger partial charge in [-0.2, -0.15) is 0 Å². The summed E-state index contributed by atoms with van der Waals surface area (Å²) in [5.41, 5.74) is 3.18. The fourth-order valence-corrected chi connectivity index (χ4v) is 3.14. The van der Waals surface area contributed by atoms with Crippen LogP contribution in [0.5, 0.6) is 0 Å². The number of para-hydroxylation sites is 1. The molecule has 0 radical (unpaired) electrons. The van der Waals surface area contributed by atoms with E-state index < -0.39 is 0 Å². The Kier molecular flexibility index (Phi) is 5.35. The molecule has 1 N–H and O–H groups in total. The minimum Gasteiger partial charge on any atom is -0.324 e. The van der Waals surface area contributed by atoms with Gasteiger partial charge in [-0.3, -0.25) is 9.59 Å². The van der Waals surface area contributed by atoms with Crippen molar-refractivity contribution in [2.75, 3.05) is 5.32 Å². The van der Waals surface area contributed by atoms with Crippen molar-refractivity contribution >= 4 is 22.5 Å². The molecule has 27 heavy (non-hydrogen) atoms. The van der Waals surface area contributed by atoms with Crippen LogP contribution in [0.2, 0.25) is 0 Å². The minimum absolute atomic E-state index is 0.180. The summed E-state index contributed by atoms with van der Waals surface area (Å²) in [6, 6.07) is 13.0. The predicted octanol–water partition coefficient (Wildman–Crippen LogP) is 3.68. The quantitative estimate of drug-likeness (QED) is 0.749. The second-order valence-corrected chi connectivity index (χ2v) is 7.24. The van der Waals surface area contributed by atoms with Gasteiger partial charge in [-0.1, -0.05) is 63.2 Å². The monoisotopic (exact) mass is 364 g/mol. The van der Waals surface area contributed by atoms with E-state index in [2.05, 4.69) is 43.3 Å². The van der Waals surface area contributed by atoms with E-state index in [0.29, 0.717) is 10.9 Å². The second-order valence-electron chi connectivity index (χ2n) is 7.24. The van der Waals surface area contributed by atoms with Crippen LogP contribution in [0, 0.1) is 0 Å². The maximum absolute atomic E-state index is 12.7. The lowest BCUT2D eigenvalue weighted by atomic mass is 9.92. The number of benzene rings is 2. The molecule has 0 spiro atoms. The van der Waals surface area contributed by atoms with Gasteiger partial charge < -0.3 is 5.32 Å². The van der Waals surface area contributed by atoms with E-state index in [0.717, 1.165) is 21.5 Å². The number of nitrogens with one attached hydrogen (secondary N) is 1. The van der Waals surface area contributed by atoms with E-state index in [4.69, 9.17) is 0 Å². The highest BCUT2D eigenvalue weighted by molar-refractivity contribution is 5.92. The number of aromatic nitrogens is 3. The molecule has 0 unspecified atom stereocenters. The standard InChI is InChI=1S/C21H24N4O2/c1-13(2)15-9-7-10-16(14(3)4)20(15)22-19(26)12-25-21(27)17-8-5-6-11-18(17)23-24-25/h5-11,13-14H,12H2,1-4H3,(H,22,26). The minimum atomic E-state index is -0.322. The number of anilines is 1. The van der Waals surface area contributed by atoms with Crippen molar-refractivity contribution in [2.45, 2.75) is 46.1 Å². The molecule has 1 amide bonds. The Morgan fingerprint density at radius 1 is 1.00 bits per heavy atom. The van der Waals surface area contributed by atoms with Crippen LogP contribution in [0.25, 0.3) is 10.9 Å². The molecule has 1 heterocycles. The van der Waals surface area contributed by atoms with Crippen LogP contribution in [0.3, 0.4) is 0 Å². The summed E-state index contributed by atoms with van der Waals surface area (Å²) in [5.74, 6) is 0.237. The predicted molar refractivity (Wildman–Crippen MR) is 107 cm³/mol. The van der Waals surface area contributed by atoms with E-state index in [-0.39, 0.29) is 29.8 Å². The fraction of sp³-hybridized carbons (Fsp3) is 0.333. The normalized spacial score (nSPS) is 11.3. The number of hydrogen-bond acceptors (Lipinski definition) is 4. The van der Waals surface area contributed by atoms with Crippen molar-refractivity contribution in [3.05, 3.63) is 63.9 Å². The SMILES string of the molecule is CC(C)c1cccc(C(C)C)c1NC(=O)Cn1nnc2ccccc2c1=O.